The number of amides is 1. The number of sulfonamides is 1. The van der Waals surface area contributed by atoms with E-state index in [0.29, 0.717) is 24.9 Å². The van der Waals surface area contributed by atoms with Crippen LogP contribution < -0.4 is 0 Å². The summed E-state index contributed by atoms with van der Waals surface area (Å²) in [6.45, 7) is 5.08. The average Bonchev–Trinajstić information content (AvgIpc) is 2.58. The first-order valence-electron chi connectivity index (χ1n) is 8.69. The minimum atomic E-state index is -3.81. The molecule has 0 unspecified atom stereocenters. The van der Waals surface area contributed by atoms with Crippen molar-refractivity contribution in [1.29, 1.82) is 0 Å². The predicted octanol–water partition coefficient (Wildman–Crippen LogP) is 2.25. The van der Waals surface area contributed by atoms with Gasteiger partial charge in [-0.1, -0.05) is 25.4 Å². The van der Waals surface area contributed by atoms with Gasteiger partial charge in [-0.05, 0) is 36.5 Å². The fraction of sp³-hybridized carbons (Fsp3) is 0.556. The minimum Gasteiger partial charge on any atom is -0.452 e. The number of hydrogen-bond donors (Lipinski definition) is 0. The number of likely N-dealkylation sites (tertiary alicyclic amines) is 1. The van der Waals surface area contributed by atoms with Crippen LogP contribution in [0.1, 0.15) is 30.6 Å². The van der Waals surface area contributed by atoms with Crippen molar-refractivity contribution in [3.63, 3.8) is 0 Å². The molecule has 1 saturated heterocycles. The van der Waals surface area contributed by atoms with Crippen LogP contribution in [0.15, 0.2) is 23.1 Å². The quantitative estimate of drug-likeness (QED) is 0.687. The van der Waals surface area contributed by atoms with E-state index in [1.54, 1.807) is 4.90 Å². The number of rotatable bonds is 5. The van der Waals surface area contributed by atoms with Crippen molar-refractivity contribution >= 4 is 33.5 Å². The van der Waals surface area contributed by atoms with E-state index in [9.17, 15) is 18.0 Å². The van der Waals surface area contributed by atoms with E-state index >= 15 is 0 Å². The Labute approximate surface area is 165 Å². The summed E-state index contributed by atoms with van der Waals surface area (Å²) in [7, 11) is -1.06. The highest BCUT2D eigenvalue weighted by Gasteiger charge is 2.27. The van der Waals surface area contributed by atoms with E-state index in [-0.39, 0.29) is 28.0 Å². The van der Waals surface area contributed by atoms with Gasteiger partial charge in [0, 0.05) is 27.2 Å². The highest BCUT2D eigenvalue weighted by molar-refractivity contribution is 7.89. The molecular formula is C18H25ClN2O5S. The molecule has 7 nitrogen and oxygen atoms in total. The highest BCUT2D eigenvalue weighted by atomic mass is 35.5. The Morgan fingerprint density at radius 3 is 2.37 bits per heavy atom. The summed E-state index contributed by atoms with van der Waals surface area (Å²) in [5, 5.41) is 0.00705. The lowest BCUT2D eigenvalue weighted by atomic mass is 9.92. The Bertz CT molecular complexity index is 815. The molecule has 1 amide bonds. The minimum absolute atomic E-state index is 0.00705. The molecule has 1 fully saturated rings. The standard InChI is InChI=1S/C18H25ClN2O5S/c1-12-7-13(2)10-21(9-12)17(22)11-26-18(23)14-5-6-15(19)16(8-14)27(24,25)20(3)4/h5-6,8,12-13H,7,9-11H2,1-4H3/t12-,13-/m1/s1. The molecule has 0 N–H and O–H groups in total. The van der Waals surface area contributed by atoms with Gasteiger partial charge in [-0.2, -0.15) is 0 Å². The third-order valence-electron chi connectivity index (χ3n) is 4.47. The summed E-state index contributed by atoms with van der Waals surface area (Å²) < 4.78 is 30.7. The van der Waals surface area contributed by atoms with Gasteiger partial charge in [0.15, 0.2) is 6.61 Å². The smallest absolute Gasteiger partial charge is 0.338 e. The van der Waals surface area contributed by atoms with Crippen molar-refractivity contribution in [1.82, 2.24) is 9.21 Å². The van der Waals surface area contributed by atoms with Gasteiger partial charge in [0.25, 0.3) is 5.91 Å². The van der Waals surface area contributed by atoms with Gasteiger partial charge in [0.2, 0.25) is 10.0 Å². The topological polar surface area (TPSA) is 84.0 Å². The van der Waals surface area contributed by atoms with Crippen LogP contribution in [0.2, 0.25) is 5.02 Å². The van der Waals surface area contributed by atoms with Crippen LogP contribution in [-0.4, -0.2) is 63.3 Å². The molecule has 0 bridgehead atoms. The van der Waals surface area contributed by atoms with Crippen molar-refractivity contribution in [2.45, 2.75) is 25.2 Å². The third kappa shape index (κ3) is 5.21. The molecule has 1 aliphatic heterocycles. The van der Waals surface area contributed by atoms with Gasteiger partial charge in [0.1, 0.15) is 4.90 Å². The fourth-order valence-electron chi connectivity index (χ4n) is 3.19. The first-order chi connectivity index (χ1) is 12.5. The molecule has 1 aliphatic rings. The van der Waals surface area contributed by atoms with E-state index in [1.165, 1.54) is 26.2 Å². The van der Waals surface area contributed by atoms with Crippen LogP contribution in [0.3, 0.4) is 0 Å². The zero-order chi connectivity index (χ0) is 20.4. The van der Waals surface area contributed by atoms with Gasteiger partial charge in [0.05, 0.1) is 10.6 Å². The van der Waals surface area contributed by atoms with E-state index in [0.717, 1.165) is 16.8 Å². The molecule has 0 saturated carbocycles. The third-order valence-corrected chi connectivity index (χ3v) is 6.77. The molecule has 0 spiro atoms. The Balaban J connectivity index is 2.07. The predicted molar refractivity (Wildman–Crippen MR) is 102 cm³/mol. The summed E-state index contributed by atoms with van der Waals surface area (Å²) in [4.78, 5) is 26.1. The number of halogens is 1. The molecule has 0 aliphatic carbocycles. The van der Waals surface area contributed by atoms with Crippen molar-refractivity contribution < 1.29 is 22.7 Å². The molecule has 1 heterocycles. The maximum atomic E-state index is 12.3. The lowest BCUT2D eigenvalue weighted by Crippen LogP contribution is -2.44. The highest BCUT2D eigenvalue weighted by Crippen LogP contribution is 2.25. The van der Waals surface area contributed by atoms with E-state index in [4.69, 9.17) is 16.3 Å². The summed E-state index contributed by atoms with van der Waals surface area (Å²) in [6.07, 6.45) is 1.07. The Hall–Kier alpha value is -1.64. The van der Waals surface area contributed by atoms with Crippen LogP contribution in [0.25, 0.3) is 0 Å². The van der Waals surface area contributed by atoms with Gasteiger partial charge in [-0.3, -0.25) is 4.79 Å². The zero-order valence-corrected chi connectivity index (χ0v) is 17.5. The van der Waals surface area contributed by atoms with Gasteiger partial charge < -0.3 is 9.64 Å². The summed E-state index contributed by atoms with van der Waals surface area (Å²) in [5.41, 5.74) is 0.0213. The monoisotopic (exact) mass is 416 g/mol. The number of carbonyl (C=O) groups is 2. The van der Waals surface area contributed by atoms with E-state index in [1.807, 2.05) is 0 Å². The maximum absolute atomic E-state index is 12.3. The van der Waals surface area contributed by atoms with E-state index in [2.05, 4.69) is 13.8 Å². The van der Waals surface area contributed by atoms with Gasteiger partial charge in [-0.15, -0.1) is 0 Å². The van der Waals surface area contributed by atoms with E-state index < -0.39 is 16.0 Å². The lowest BCUT2D eigenvalue weighted by molar-refractivity contribution is -0.137. The normalized spacial score (nSPS) is 20.6. The van der Waals surface area contributed by atoms with Crippen molar-refractivity contribution in [3.8, 4) is 0 Å². The van der Waals surface area contributed by atoms with Crippen LogP contribution in [0.5, 0.6) is 0 Å². The van der Waals surface area contributed by atoms with Crippen LogP contribution in [0, 0.1) is 11.8 Å². The molecule has 27 heavy (non-hydrogen) atoms. The lowest BCUT2D eigenvalue weighted by Gasteiger charge is -2.34. The summed E-state index contributed by atoms with van der Waals surface area (Å²) in [5.74, 6) is -0.211. The first-order valence-corrected chi connectivity index (χ1v) is 10.5. The molecule has 1 aromatic carbocycles. The molecule has 0 aromatic heterocycles. The number of esters is 1. The molecule has 0 radical (unpaired) electrons. The second-order valence-electron chi connectivity index (χ2n) is 7.25. The van der Waals surface area contributed by atoms with Crippen molar-refractivity contribution in [2.24, 2.45) is 11.8 Å². The number of piperidine rings is 1. The zero-order valence-electron chi connectivity index (χ0n) is 15.9. The molecular weight excluding hydrogens is 392 g/mol. The number of ether oxygens (including phenoxy) is 1. The van der Waals surface area contributed by atoms with Gasteiger partial charge in [-0.25, -0.2) is 17.5 Å². The number of carbonyl (C=O) groups excluding carboxylic acids is 2. The number of hydrogen-bond acceptors (Lipinski definition) is 5. The maximum Gasteiger partial charge on any atom is 0.338 e. The Morgan fingerprint density at radius 1 is 1.22 bits per heavy atom. The molecule has 1 aromatic rings. The molecule has 9 heteroatoms. The Kier molecular flexibility index (Phi) is 6.88. The SMILES string of the molecule is C[C@@H]1C[C@@H](C)CN(C(=O)COC(=O)c2ccc(Cl)c(S(=O)(=O)N(C)C)c2)C1. The van der Waals surface area contributed by atoms with Crippen LogP contribution >= 0.6 is 11.6 Å². The second kappa shape index (κ2) is 8.58. The number of benzene rings is 1. The summed E-state index contributed by atoms with van der Waals surface area (Å²) >= 11 is 5.97. The number of nitrogens with zero attached hydrogens (tertiary/aromatic N) is 2. The molecule has 2 rings (SSSR count). The molecule has 150 valence electrons. The van der Waals surface area contributed by atoms with Crippen LogP contribution in [-0.2, 0) is 19.6 Å². The largest absolute Gasteiger partial charge is 0.452 e. The van der Waals surface area contributed by atoms with Crippen LogP contribution in [0.4, 0.5) is 0 Å². The Morgan fingerprint density at radius 2 is 1.81 bits per heavy atom. The van der Waals surface area contributed by atoms with Crippen molar-refractivity contribution in [3.05, 3.63) is 28.8 Å². The molecule has 2 atom stereocenters. The fourth-order valence-corrected chi connectivity index (χ4v) is 4.59. The van der Waals surface area contributed by atoms with Gasteiger partial charge >= 0.3 is 5.97 Å². The average molecular weight is 417 g/mol. The van der Waals surface area contributed by atoms with Crippen molar-refractivity contribution in [2.75, 3.05) is 33.8 Å². The summed E-state index contributed by atoms with van der Waals surface area (Å²) in [6, 6.07) is 3.86. The first kappa shape index (κ1) is 21.7. The second-order valence-corrected chi connectivity index (χ2v) is 9.78.